The minimum Gasteiger partial charge on any atom is -0.390 e. The number of hydrogen-bond donors (Lipinski definition) is 5. The highest BCUT2D eigenvalue weighted by molar-refractivity contribution is 5.99. The predicted molar refractivity (Wildman–Crippen MR) is 188 cm³/mol. The highest BCUT2D eigenvalue weighted by atomic mass is 16.3. The van der Waals surface area contributed by atoms with Gasteiger partial charge in [0.2, 0.25) is 17.7 Å². The molecule has 6 N–H and O–H groups in total. The molecule has 1 aliphatic carbocycles. The molecule has 262 valence electrons. The third-order valence-corrected chi connectivity index (χ3v) is 9.49. The Bertz CT molecular complexity index is 1910. The quantitative estimate of drug-likeness (QED) is 0.196. The van der Waals surface area contributed by atoms with Crippen LogP contribution in [0.4, 0.5) is 0 Å². The smallest absolute Gasteiger partial charge is 0.270 e. The minimum absolute atomic E-state index is 0.00402. The first-order chi connectivity index (χ1) is 27.1. The fraction of sp³-hybridized carbons (Fsp3) is 0.500. The van der Waals surface area contributed by atoms with Crippen LogP contribution in [0, 0.1) is 11.8 Å². The number of pyridine rings is 1. The van der Waals surface area contributed by atoms with Gasteiger partial charge in [0.05, 0.1) is 30.1 Å². The number of piperidine rings is 1. The van der Waals surface area contributed by atoms with E-state index in [-0.39, 0.29) is 43.5 Å². The Morgan fingerprint density at radius 2 is 1.69 bits per heavy atom. The van der Waals surface area contributed by atoms with E-state index in [9.17, 15) is 24.3 Å². The molecule has 2 aromatic carbocycles. The van der Waals surface area contributed by atoms with Gasteiger partial charge in [-0.05, 0) is 69.4 Å². The van der Waals surface area contributed by atoms with Crippen molar-refractivity contribution in [1.29, 1.82) is 0 Å². The van der Waals surface area contributed by atoms with E-state index in [1.807, 2.05) is 17.4 Å². The zero-order chi connectivity index (χ0) is 42.6. The number of hydrogen-bond acceptors (Lipinski definition) is 7. The lowest BCUT2D eigenvalue weighted by Gasteiger charge is -2.47. The van der Waals surface area contributed by atoms with E-state index in [0.29, 0.717) is 11.1 Å². The van der Waals surface area contributed by atoms with Gasteiger partial charge in [0.1, 0.15) is 11.7 Å². The number of aliphatic hydroxyl groups is 1. The molecule has 11 nitrogen and oxygen atoms in total. The molecular weight excluding hydrogens is 620 g/mol. The summed E-state index contributed by atoms with van der Waals surface area (Å²) in [6, 6.07) is 15.3. The van der Waals surface area contributed by atoms with Crippen LogP contribution in [0.5, 0.6) is 0 Å². The van der Waals surface area contributed by atoms with Crippen molar-refractivity contribution in [2.45, 2.75) is 95.3 Å². The molecule has 1 saturated carbocycles. The van der Waals surface area contributed by atoms with Crippen LogP contribution in [0.3, 0.4) is 0 Å². The van der Waals surface area contributed by atoms with Crippen LogP contribution in [0.2, 0.25) is 0 Å². The van der Waals surface area contributed by atoms with Crippen molar-refractivity contribution in [2.24, 2.45) is 17.6 Å². The summed E-state index contributed by atoms with van der Waals surface area (Å²) in [6.45, 7) is -11.0. The molecule has 49 heavy (non-hydrogen) atoms. The number of carbonyl (C=O) groups is 4. The van der Waals surface area contributed by atoms with Crippen LogP contribution in [-0.2, 0) is 20.8 Å². The zero-order valence-electron chi connectivity index (χ0n) is 36.2. The molecule has 2 fully saturated rings. The lowest BCUT2D eigenvalue weighted by molar-refractivity contribution is -0.133. The zero-order valence-corrected chi connectivity index (χ0v) is 27.2. The molecule has 2 aliphatic rings. The predicted octanol–water partition coefficient (Wildman–Crippen LogP) is 3.09. The van der Waals surface area contributed by atoms with E-state index in [4.69, 9.17) is 18.1 Å². The van der Waals surface area contributed by atoms with Crippen LogP contribution in [0.25, 0.3) is 10.9 Å². The van der Waals surface area contributed by atoms with Crippen LogP contribution in [0.15, 0.2) is 66.7 Å². The Hall–Kier alpha value is -4.35. The Morgan fingerprint density at radius 1 is 0.980 bits per heavy atom. The molecule has 0 bridgehead atoms. The largest absolute Gasteiger partial charge is 0.390 e. The monoisotopic (exact) mass is 679 g/mol. The van der Waals surface area contributed by atoms with Gasteiger partial charge in [0, 0.05) is 36.4 Å². The Morgan fingerprint density at radius 3 is 2.43 bits per heavy atom. The lowest BCUT2D eigenvalue weighted by Crippen LogP contribution is -2.61. The molecular formula is C38H50N6O5. The number of nitrogens with zero attached hydrogens (tertiary/aromatic N) is 2. The van der Waals surface area contributed by atoms with Gasteiger partial charge in [-0.1, -0.05) is 73.9 Å². The highest BCUT2D eigenvalue weighted by Gasteiger charge is 2.42. The second-order valence-corrected chi connectivity index (χ2v) is 13.2. The molecule has 5 rings (SSSR count). The number of amides is 4. The van der Waals surface area contributed by atoms with E-state index in [2.05, 4.69) is 15.6 Å². The molecule has 2 heterocycles. The molecule has 1 aliphatic heterocycles. The number of nitrogens with two attached hydrogens (primary N) is 1. The van der Waals surface area contributed by atoms with Crippen molar-refractivity contribution in [3.8, 4) is 0 Å². The Balaban J connectivity index is 1.43. The second kappa shape index (κ2) is 15.9. The fourth-order valence-electron chi connectivity index (χ4n) is 7.08. The molecule has 1 saturated heterocycles. The summed E-state index contributed by atoms with van der Waals surface area (Å²) in [5.74, 6) is -3.53. The Labute approximate surface area is 301 Å². The maximum absolute atomic E-state index is 14.2. The summed E-state index contributed by atoms with van der Waals surface area (Å²) in [6.07, 6.45) is 1.53. The topological polar surface area (TPSA) is 167 Å². The molecule has 0 spiro atoms. The number of benzene rings is 2. The normalized spacial score (nSPS) is 25.0. The van der Waals surface area contributed by atoms with Gasteiger partial charge in [0.25, 0.3) is 5.91 Å². The van der Waals surface area contributed by atoms with Gasteiger partial charge in [0.15, 0.2) is 0 Å². The van der Waals surface area contributed by atoms with Gasteiger partial charge in [-0.25, -0.2) is 4.98 Å². The lowest BCUT2D eigenvalue weighted by atomic mass is 9.72. The van der Waals surface area contributed by atoms with Gasteiger partial charge < -0.3 is 26.8 Å². The van der Waals surface area contributed by atoms with Gasteiger partial charge >= 0.3 is 0 Å². The number of rotatable bonds is 12. The molecule has 11 heteroatoms. The molecule has 6 unspecified atom stereocenters. The molecule has 1 aromatic heterocycles. The molecule has 0 radical (unpaired) electrons. The minimum atomic E-state index is -3.67. The molecule has 4 amide bonds. The summed E-state index contributed by atoms with van der Waals surface area (Å²) in [5, 5.41) is 20.0. The average Bonchev–Trinajstić information content (AvgIpc) is 3.14. The number of carbonyl (C=O) groups excluding carboxylic acids is 4. The number of aromatic nitrogens is 1. The molecule has 6 atom stereocenters. The van der Waals surface area contributed by atoms with E-state index in [1.54, 1.807) is 53.4 Å². The van der Waals surface area contributed by atoms with Crippen molar-refractivity contribution >= 4 is 34.5 Å². The van der Waals surface area contributed by atoms with Crippen molar-refractivity contribution in [2.75, 3.05) is 13.1 Å². The summed E-state index contributed by atoms with van der Waals surface area (Å²) in [5.41, 5.74) is 3.11. The third kappa shape index (κ3) is 9.86. The number of aliphatic hydroxyl groups excluding tert-OH is 1. The number of fused-ring (bicyclic) bond motifs is 2. The first kappa shape index (κ1) is 25.6. The summed E-state index contributed by atoms with van der Waals surface area (Å²) in [4.78, 5) is 59.6. The number of nitrogens with one attached hydrogen (secondary N) is 3. The van der Waals surface area contributed by atoms with Crippen LogP contribution in [-0.4, -0.2) is 81.5 Å². The standard InChI is InChI=1S/C38H50N6O5/c1-38(2,3)43-37(49)32-20-26-14-7-8-15-27(26)22-44(32)23-33(45)30(19-24-11-5-4-6-12-24)41-36(48)31(21-34(39)46)42-35(47)29-18-17-25-13-9-10-16-28(25)40-29/h4-6,9-13,16-18,26-27,30-33,45H,7-8,14-15,19-23H2,1-3H3,(H2,39,46)(H,41,48)(H,42,47)(H,43,49)/i1D3,2D3,3D3. The van der Waals surface area contributed by atoms with Crippen molar-refractivity contribution in [1.82, 2.24) is 25.8 Å². The maximum Gasteiger partial charge on any atom is 0.270 e. The van der Waals surface area contributed by atoms with Gasteiger partial charge in [-0.2, -0.15) is 0 Å². The summed E-state index contributed by atoms with van der Waals surface area (Å²) >= 11 is 0. The number of β-amino-alcohol motifs (C(OH)–C–C–N with tert-alkyl or cyclic N) is 1. The van der Waals surface area contributed by atoms with Crippen LogP contribution in [0.1, 0.15) is 87.5 Å². The first-order valence-electron chi connectivity index (χ1n) is 21.1. The summed E-state index contributed by atoms with van der Waals surface area (Å²) in [7, 11) is 0. The fourth-order valence-corrected chi connectivity index (χ4v) is 7.08. The van der Waals surface area contributed by atoms with E-state index < -0.39 is 80.4 Å². The van der Waals surface area contributed by atoms with Crippen molar-refractivity contribution in [3.63, 3.8) is 0 Å². The SMILES string of the molecule is [2H]C([2H])([2H])C(NC(=O)C1CC2CCCCC2CN1CC(O)C(Cc1ccccc1)NC(=O)C(CC(N)=O)NC(=O)c1ccc2ccccc2n1)(C([2H])([2H])[2H])C([2H])([2H])[2H]. The van der Waals surface area contributed by atoms with Gasteiger partial charge in [-0.15, -0.1) is 0 Å². The van der Waals surface area contributed by atoms with Gasteiger partial charge in [-0.3, -0.25) is 24.1 Å². The Kier molecular flexibility index (Phi) is 8.31. The first-order valence-corrected chi connectivity index (χ1v) is 16.6. The highest BCUT2D eigenvalue weighted by Crippen LogP contribution is 2.39. The van der Waals surface area contributed by atoms with Crippen LogP contribution >= 0.6 is 0 Å². The number of para-hydroxylation sites is 1. The van der Waals surface area contributed by atoms with Crippen molar-refractivity contribution < 1.29 is 36.6 Å². The van der Waals surface area contributed by atoms with E-state index in [1.165, 1.54) is 6.07 Å². The third-order valence-electron chi connectivity index (χ3n) is 9.49. The molecule has 3 aromatic rings. The van der Waals surface area contributed by atoms with E-state index >= 15 is 0 Å². The van der Waals surface area contributed by atoms with Crippen LogP contribution < -0.4 is 21.7 Å². The summed E-state index contributed by atoms with van der Waals surface area (Å²) < 4.78 is 72.4. The number of primary amides is 1. The average molecular weight is 680 g/mol. The second-order valence-electron chi connectivity index (χ2n) is 13.2. The maximum atomic E-state index is 14.2. The van der Waals surface area contributed by atoms with Crippen molar-refractivity contribution in [3.05, 3.63) is 78.0 Å². The number of likely N-dealkylation sites (tertiary alicyclic amines) is 1. The van der Waals surface area contributed by atoms with E-state index in [0.717, 1.165) is 31.1 Å².